The molecule has 1 aromatic heterocycles. The maximum Gasteiger partial charge on any atom is 0.338 e. The number of carbonyl (C=O) groups is 3. The Bertz CT molecular complexity index is 1010. The summed E-state index contributed by atoms with van der Waals surface area (Å²) in [5.74, 6) is -1.46. The molecule has 0 radical (unpaired) electrons. The molecular formula is C23H21N3O4. The van der Waals surface area contributed by atoms with Gasteiger partial charge >= 0.3 is 5.97 Å². The highest BCUT2D eigenvalue weighted by atomic mass is 16.5. The maximum absolute atomic E-state index is 12.5. The molecule has 0 unspecified atom stereocenters. The minimum Gasteiger partial charge on any atom is -0.452 e. The van der Waals surface area contributed by atoms with Crippen molar-refractivity contribution >= 4 is 23.5 Å². The van der Waals surface area contributed by atoms with Crippen LogP contribution in [0.5, 0.6) is 0 Å². The summed E-state index contributed by atoms with van der Waals surface area (Å²) in [6.07, 6.45) is 3.62. The number of esters is 1. The molecule has 2 aromatic carbocycles. The van der Waals surface area contributed by atoms with Crippen LogP contribution in [0.4, 0.5) is 5.69 Å². The molecule has 0 bridgehead atoms. The first-order valence-corrected chi connectivity index (χ1v) is 9.41. The first-order valence-electron chi connectivity index (χ1n) is 9.41. The molecule has 0 aliphatic rings. The number of nitrogens with one attached hydrogen (secondary N) is 2. The first kappa shape index (κ1) is 20.7. The largest absolute Gasteiger partial charge is 0.452 e. The topological polar surface area (TPSA) is 97.4 Å². The van der Waals surface area contributed by atoms with Crippen LogP contribution in [0.25, 0.3) is 0 Å². The van der Waals surface area contributed by atoms with E-state index in [1.165, 1.54) is 24.5 Å². The molecular weight excluding hydrogens is 382 g/mol. The van der Waals surface area contributed by atoms with Gasteiger partial charge in [-0.3, -0.25) is 14.6 Å². The third kappa shape index (κ3) is 6.00. The van der Waals surface area contributed by atoms with Crippen molar-refractivity contribution in [2.75, 3.05) is 18.5 Å². The van der Waals surface area contributed by atoms with Gasteiger partial charge in [-0.1, -0.05) is 42.5 Å². The molecule has 0 fully saturated rings. The summed E-state index contributed by atoms with van der Waals surface area (Å²) in [5, 5.41) is 5.47. The van der Waals surface area contributed by atoms with Gasteiger partial charge < -0.3 is 15.4 Å². The Labute approximate surface area is 174 Å². The fourth-order valence-electron chi connectivity index (χ4n) is 2.74. The SMILES string of the molecule is O=C(COC(=O)c1ccncc1)Nc1ccccc1C(=O)NCCc1ccccc1. The van der Waals surface area contributed by atoms with Crippen molar-refractivity contribution in [3.05, 3.63) is 95.8 Å². The zero-order valence-electron chi connectivity index (χ0n) is 16.2. The molecule has 0 spiro atoms. The van der Waals surface area contributed by atoms with Crippen molar-refractivity contribution in [2.24, 2.45) is 0 Å². The summed E-state index contributed by atoms with van der Waals surface area (Å²) in [6, 6.07) is 19.5. The molecule has 7 heteroatoms. The van der Waals surface area contributed by atoms with Crippen LogP contribution in [0, 0.1) is 0 Å². The van der Waals surface area contributed by atoms with Gasteiger partial charge in [0.1, 0.15) is 0 Å². The van der Waals surface area contributed by atoms with Gasteiger partial charge in [0.05, 0.1) is 16.8 Å². The van der Waals surface area contributed by atoms with E-state index in [0.29, 0.717) is 29.8 Å². The van der Waals surface area contributed by atoms with Gasteiger partial charge in [-0.15, -0.1) is 0 Å². The van der Waals surface area contributed by atoms with Crippen LogP contribution < -0.4 is 10.6 Å². The zero-order chi connectivity index (χ0) is 21.2. The fourth-order valence-corrected chi connectivity index (χ4v) is 2.74. The van der Waals surface area contributed by atoms with Crippen molar-refractivity contribution in [3.8, 4) is 0 Å². The summed E-state index contributed by atoms with van der Waals surface area (Å²) in [7, 11) is 0. The quantitative estimate of drug-likeness (QED) is 0.564. The van der Waals surface area contributed by atoms with E-state index in [1.807, 2.05) is 30.3 Å². The number of amides is 2. The lowest BCUT2D eigenvalue weighted by Gasteiger charge is -2.12. The third-order valence-corrected chi connectivity index (χ3v) is 4.24. The van der Waals surface area contributed by atoms with Gasteiger partial charge in [0.25, 0.3) is 11.8 Å². The number of pyridine rings is 1. The third-order valence-electron chi connectivity index (χ3n) is 4.24. The molecule has 152 valence electrons. The van der Waals surface area contributed by atoms with Crippen molar-refractivity contribution in [1.82, 2.24) is 10.3 Å². The standard InChI is InChI=1S/C23H21N3O4/c27-21(16-30-23(29)18-11-13-24-14-12-18)26-20-9-5-4-8-19(20)22(28)25-15-10-17-6-2-1-3-7-17/h1-9,11-14H,10,15-16H2,(H,25,28)(H,26,27). The minimum absolute atomic E-state index is 0.296. The van der Waals surface area contributed by atoms with Gasteiger partial charge in [-0.05, 0) is 36.2 Å². The molecule has 7 nitrogen and oxygen atoms in total. The predicted octanol–water partition coefficient (Wildman–Crippen LogP) is 2.85. The molecule has 0 saturated heterocycles. The Morgan fingerprint density at radius 2 is 1.57 bits per heavy atom. The van der Waals surface area contributed by atoms with Crippen LogP contribution in [0.2, 0.25) is 0 Å². The molecule has 0 aliphatic heterocycles. The normalized spacial score (nSPS) is 10.1. The van der Waals surface area contributed by atoms with E-state index in [-0.39, 0.29) is 5.91 Å². The van der Waals surface area contributed by atoms with Crippen LogP contribution in [-0.4, -0.2) is 35.9 Å². The monoisotopic (exact) mass is 403 g/mol. The van der Waals surface area contributed by atoms with Crippen LogP contribution >= 0.6 is 0 Å². The number of carbonyl (C=O) groups excluding carboxylic acids is 3. The Morgan fingerprint density at radius 3 is 2.33 bits per heavy atom. The lowest BCUT2D eigenvalue weighted by molar-refractivity contribution is -0.119. The molecule has 30 heavy (non-hydrogen) atoms. The Balaban J connectivity index is 1.53. The summed E-state index contributed by atoms with van der Waals surface area (Å²) in [6.45, 7) is -0.000209. The second kappa shape index (κ2) is 10.5. The zero-order valence-corrected chi connectivity index (χ0v) is 16.2. The van der Waals surface area contributed by atoms with Gasteiger partial charge in [-0.2, -0.15) is 0 Å². The first-order chi connectivity index (χ1) is 14.6. The Hall–Kier alpha value is -4.00. The minimum atomic E-state index is -0.625. The van der Waals surface area contributed by atoms with E-state index in [0.717, 1.165) is 5.56 Å². The van der Waals surface area contributed by atoms with Gasteiger partial charge in [0.2, 0.25) is 0 Å². The molecule has 0 atom stereocenters. The summed E-state index contributed by atoms with van der Waals surface area (Å²) in [4.78, 5) is 40.5. The molecule has 3 rings (SSSR count). The smallest absolute Gasteiger partial charge is 0.338 e. The number of hydrogen-bond acceptors (Lipinski definition) is 5. The number of aromatic nitrogens is 1. The van der Waals surface area contributed by atoms with E-state index in [1.54, 1.807) is 24.3 Å². The van der Waals surface area contributed by atoms with Gasteiger partial charge in [0.15, 0.2) is 6.61 Å². The second-order valence-corrected chi connectivity index (χ2v) is 6.40. The number of benzene rings is 2. The van der Waals surface area contributed by atoms with E-state index < -0.39 is 18.5 Å². The van der Waals surface area contributed by atoms with Crippen LogP contribution in [0.15, 0.2) is 79.1 Å². The average Bonchev–Trinajstić information content (AvgIpc) is 2.79. The summed E-state index contributed by atoms with van der Waals surface area (Å²) >= 11 is 0. The number of nitrogens with zero attached hydrogens (tertiary/aromatic N) is 1. The van der Waals surface area contributed by atoms with Crippen molar-refractivity contribution < 1.29 is 19.1 Å². The highest BCUT2D eigenvalue weighted by molar-refractivity contribution is 6.04. The Kier molecular flexibility index (Phi) is 7.27. The molecule has 2 amide bonds. The van der Waals surface area contributed by atoms with E-state index >= 15 is 0 Å². The van der Waals surface area contributed by atoms with E-state index in [4.69, 9.17) is 4.74 Å². The summed E-state index contributed by atoms with van der Waals surface area (Å²) in [5.41, 5.74) is 2.10. The van der Waals surface area contributed by atoms with Crippen LogP contribution in [0.1, 0.15) is 26.3 Å². The van der Waals surface area contributed by atoms with Gasteiger partial charge in [-0.25, -0.2) is 4.79 Å². The predicted molar refractivity (Wildman–Crippen MR) is 112 cm³/mol. The number of anilines is 1. The summed E-state index contributed by atoms with van der Waals surface area (Å²) < 4.78 is 5.00. The fraction of sp³-hybridized carbons (Fsp3) is 0.130. The van der Waals surface area contributed by atoms with Crippen LogP contribution in [0.3, 0.4) is 0 Å². The molecule has 1 heterocycles. The molecule has 3 aromatic rings. The highest BCUT2D eigenvalue weighted by Gasteiger charge is 2.14. The van der Waals surface area contributed by atoms with E-state index in [2.05, 4.69) is 15.6 Å². The average molecular weight is 403 g/mol. The molecule has 2 N–H and O–H groups in total. The van der Waals surface area contributed by atoms with Gasteiger partial charge in [0, 0.05) is 18.9 Å². The lowest BCUT2D eigenvalue weighted by atomic mass is 10.1. The van der Waals surface area contributed by atoms with Crippen molar-refractivity contribution in [1.29, 1.82) is 0 Å². The maximum atomic E-state index is 12.5. The number of hydrogen-bond donors (Lipinski definition) is 2. The van der Waals surface area contributed by atoms with Crippen molar-refractivity contribution in [2.45, 2.75) is 6.42 Å². The Morgan fingerprint density at radius 1 is 0.867 bits per heavy atom. The highest BCUT2D eigenvalue weighted by Crippen LogP contribution is 2.15. The van der Waals surface area contributed by atoms with Crippen molar-refractivity contribution in [3.63, 3.8) is 0 Å². The number of para-hydroxylation sites is 1. The van der Waals surface area contributed by atoms with E-state index in [9.17, 15) is 14.4 Å². The second-order valence-electron chi connectivity index (χ2n) is 6.40. The number of ether oxygens (including phenoxy) is 1. The lowest BCUT2D eigenvalue weighted by Crippen LogP contribution is -2.28. The molecule has 0 aliphatic carbocycles. The van der Waals surface area contributed by atoms with Crippen LogP contribution in [-0.2, 0) is 16.0 Å². The molecule has 0 saturated carbocycles. The number of rotatable bonds is 8.